The minimum Gasteiger partial charge on any atom is -0.494 e. The number of imide groups is 1. The van der Waals surface area contributed by atoms with Crippen molar-refractivity contribution in [2.24, 2.45) is 0 Å². The minimum atomic E-state index is -0.310. The molecule has 2 heterocycles. The molecule has 150 valence electrons. The lowest BCUT2D eigenvalue weighted by atomic mass is 10.0. The third-order valence-corrected chi connectivity index (χ3v) is 5.00. The van der Waals surface area contributed by atoms with Gasteiger partial charge in [-0.3, -0.25) is 9.59 Å². The van der Waals surface area contributed by atoms with Crippen molar-refractivity contribution < 1.29 is 19.1 Å². The first kappa shape index (κ1) is 19.2. The van der Waals surface area contributed by atoms with E-state index in [9.17, 15) is 9.59 Å². The number of amides is 2. The number of rotatable bonds is 6. The molecular formula is C23H24N2O4. The van der Waals surface area contributed by atoms with E-state index in [0.29, 0.717) is 55.6 Å². The molecule has 0 N–H and O–H groups in total. The molecule has 0 unspecified atom stereocenters. The summed E-state index contributed by atoms with van der Waals surface area (Å²) in [7, 11) is 0. The highest BCUT2D eigenvalue weighted by Gasteiger charge is 2.42. The number of morpholine rings is 1. The molecule has 0 bridgehead atoms. The van der Waals surface area contributed by atoms with Gasteiger partial charge in [0.2, 0.25) is 0 Å². The Hall–Kier alpha value is -3.12. The molecular weight excluding hydrogens is 368 g/mol. The first-order chi connectivity index (χ1) is 14.2. The molecule has 0 aliphatic carbocycles. The zero-order valence-electron chi connectivity index (χ0n) is 16.5. The van der Waals surface area contributed by atoms with Crippen molar-refractivity contribution in [3.63, 3.8) is 0 Å². The van der Waals surface area contributed by atoms with Gasteiger partial charge in [0.05, 0.1) is 31.1 Å². The molecule has 0 saturated carbocycles. The van der Waals surface area contributed by atoms with Gasteiger partial charge < -0.3 is 14.4 Å². The molecule has 29 heavy (non-hydrogen) atoms. The van der Waals surface area contributed by atoms with Gasteiger partial charge in [-0.15, -0.1) is 0 Å². The molecule has 4 rings (SSSR count). The second-order valence-corrected chi connectivity index (χ2v) is 6.98. The molecule has 0 spiro atoms. The zero-order chi connectivity index (χ0) is 20.2. The lowest BCUT2D eigenvalue weighted by molar-refractivity contribution is -0.121. The Kier molecular flexibility index (Phi) is 5.62. The van der Waals surface area contributed by atoms with Gasteiger partial charge in [0, 0.05) is 19.2 Å². The van der Waals surface area contributed by atoms with Crippen LogP contribution in [0, 0.1) is 0 Å². The third kappa shape index (κ3) is 3.76. The molecule has 2 aromatic carbocycles. The van der Waals surface area contributed by atoms with E-state index >= 15 is 0 Å². The summed E-state index contributed by atoms with van der Waals surface area (Å²) in [5.74, 6) is 0.0322. The summed E-state index contributed by atoms with van der Waals surface area (Å²) in [5.41, 5.74) is 2.15. The molecule has 0 atom stereocenters. The van der Waals surface area contributed by atoms with E-state index in [1.165, 1.54) is 4.90 Å². The van der Waals surface area contributed by atoms with Crippen LogP contribution in [0.4, 0.5) is 5.69 Å². The van der Waals surface area contributed by atoms with Crippen LogP contribution in [-0.2, 0) is 14.3 Å². The summed E-state index contributed by atoms with van der Waals surface area (Å²) in [4.78, 5) is 30.1. The van der Waals surface area contributed by atoms with Crippen molar-refractivity contribution in [3.8, 4) is 5.75 Å². The van der Waals surface area contributed by atoms with Crippen molar-refractivity contribution in [3.05, 3.63) is 65.9 Å². The fraction of sp³-hybridized carbons (Fsp3) is 0.304. The van der Waals surface area contributed by atoms with Crippen LogP contribution in [0.3, 0.4) is 0 Å². The average molecular weight is 392 g/mol. The van der Waals surface area contributed by atoms with Gasteiger partial charge in [-0.25, -0.2) is 4.90 Å². The number of benzene rings is 2. The predicted octanol–water partition coefficient (Wildman–Crippen LogP) is 3.09. The highest BCUT2D eigenvalue weighted by molar-refractivity contribution is 6.45. The monoisotopic (exact) mass is 392 g/mol. The molecule has 6 nitrogen and oxygen atoms in total. The Bertz CT molecular complexity index is 933. The van der Waals surface area contributed by atoms with Crippen LogP contribution >= 0.6 is 0 Å². The van der Waals surface area contributed by atoms with Crippen LogP contribution in [0.15, 0.2) is 60.3 Å². The Labute approximate surface area is 170 Å². The molecule has 0 aromatic heterocycles. The molecule has 2 aliphatic heterocycles. The Morgan fingerprint density at radius 3 is 2.45 bits per heavy atom. The van der Waals surface area contributed by atoms with Gasteiger partial charge in [0.25, 0.3) is 11.8 Å². The number of hydrogen-bond acceptors (Lipinski definition) is 5. The van der Waals surface area contributed by atoms with Crippen molar-refractivity contribution in [1.29, 1.82) is 0 Å². The van der Waals surface area contributed by atoms with E-state index < -0.39 is 0 Å². The van der Waals surface area contributed by atoms with Crippen LogP contribution < -0.4 is 9.64 Å². The molecule has 0 radical (unpaired) electrons. The van der Waals surface area contributed by atoms with Gasteiger partial charge >= 0.3 is 0 Å². The van der Waals surface area contributed by atoms with Crippen LogP contribution in [0.25, 0.3) is 5.57 Å². The summed E-state index contributed by atoms with van der Waals surface area (Å²) in [5, 5.41) is 0. The number of hydrogen-bond donors (Lipinski definition) is 0. The maximum absolute atomic E-state index is 13.4. The first-order valence-electron chi connectivity index (χ1n) is 9.94. The van der Waals surface area contributed by atoms with E-state index in [0.717, 1.165) is 12.0 Å². The lowest BCUT2D eigenvalue weighted by Crippen LogP contribution is -2.40. The normalized spacial score (nSPS) is 17.3. The quantitative estimate of drug-likeness (QED) is 0.707. The van der Waals surface area contributed by atoms with Gasteiger partial charge in [-0.1, -0.05) is 43.3 Å². The van der Waals surface area contributed by atoms with E-state index in [1.807, 2.05) is 48.2 Å². The molecule has 2 aliphatic rings. The van der Waals surface area contributed by atoms with Gasteiger partial charge in [0.15, 0.2) is 0 Å². The van der Waals surface area contributed by atoms with Crippen LogP contribution in [0.1, 0.15) is 18.9 Å². The highest BCUT2D eigenvalue weighted by atomic mass is 16.5. The molecule has 2 aromatic rings. The largest absolute Gasteiger partial charge is 0.494 e. The SMILES string of the molecule is CCCOc1cccc(N2C(=O)C(c3ccccc3)=C(N3CCOCC3)C2=O)c1. The second-order valence-electron chi connectivity index (χ2n) is 6.98. The fourth-order valence-corrected chi connectivity index (χ4v) is 3.63. The van der Waals surface area contributed by atoms with Gasteiger partial charge in [-0.2, -0.15) is 0 Å². The van der Waals surface area contributed by atoms with Crippen LogP contribution in [-0.4, -0.2) is 49.6 Å². The van der Waals surface area contributed by atoms with Crippen molar-refractivity contribution >= 4 is 23.1 Å². The number of carbonyl (C=O) groups is 2. The minimum absolute atomic E-state index is 0.302. The highest BCUT2D eigenvalue weighted by Crippen LogP contribution is 2.36. The molecule has 1 saturated heterocycles. The number of nitrogens with zero attached hydrogens (tertiary/aromatic N) is 2. The smallest absolute Gasteiger partial charge is 0.282 e. The average Bonchev–Trinajstić information content (AvgIpc) is 3.03. The van der Waals surface area contributed by atoms with Gasteiger partial charge in [-0.05, 0) is 24.1 Å². The number of anilines is 1. The Morgan fingerprint density at radius 1 is 0.966 bits per heavy atom. The third-order valence-electron chi connectivity index (χ3n) is 5.00. The number of ether oxygens (including phenoxy) is 2. The summed E-state index contributed by atoms with van der Waals surface area (Å²) < 4.78 is 11.1. The maximum atomic E-state index is 13.4. The summed E-state index contributed by atoms with van der Waals surface area (Å²) >= 11 is 0. The first-order valence-corrected chi connectivity index (χ1v) is 9.94. The summed E-state index contributed by atoms with van der Waals surface area (Å²) in [6.45, 7) is 4.84. The predicted molar refractivity (Wildman–Crippen MR) is 110 cm³/mol. The fourth-order valence-electron chi connectivity index (χ4n) is 3.63. The van der Waals surface area contributed by atoms with E-state index in [4.69, 9.17) is 9.47 Å². The maximum Gasteiger partial charge on any atom is 0.282 e. The van der Waals surface area contributed by atoms with E-state index in [2.05, 4.69) is 0 Å². The van der Waals surface area contributed by atoms with E-state index in [1.54, 1.807) is 18.2 Å². The Balaban J connectivity index is 1.74. The van der Waals surface area contributed by atoms with Crippen molar-refractivity contribution in [2.45, 2.75) is 13.3 Å². The van der Waals surface area contributed by atoms with Crippen LogP contribution in [0.2, 0.25) is 0 Å². The number of carbonyl (C=O) groups excluding carboxylic acids is 2. The molecule has 2 amide bonds. The van der Waals surface area contributed by atoms with Crippen LogP contribution in [0.5, 0.6) is 5.75 Å². The van der Waals surface area contributed by atoms with Gasteiger partial charge in [0.1, 0.15) is 11.4 Å². The summed E-state index contributed by atoms with van der Waals surface area (Å²) in [6.07, 6.45) is 0.882. The summed E-state index contributed by atoms with van der Waals surface area (Å²) in [6, 6.07) is 16.5. The Morgan fingerprint density at radius 2 is 1.72 bits per heavy atom. The van der Waals surface area contributed by atoms with E-state index in [-0.39, 0.29) is 11.8 Å². The molecule has 1 fully saturated rings. The van der Waals surface area contributed by atoms with Crippen molar-refractivity contribution in [1.82, 2.24) is 4.90 Å². The molecule has 6 heteroatoms. The zero-order valence-corrected chi connectivity index (χ0v) is 16.5. The second kappa shape index (κ2) is 8.49. The standard InChI is InChI=1S/C23H24N2O4/c1-2-13-29-19-10-6-9-18(16-19)25-22(26)20(17-7-4-3-5-8-17)21(23(25)27)24-11-14-28-15-12-24/h3-10,16H,2,11-15H2,1H3. The topological polar surface area (TPSA) is 59.1 Å². The van der Waals surface area contributed by atoms with Crippen molar-refractivity contribution in [2.75, 3.05) is 37.8 Å². The lowest BCUT2D eigenvalue weighted by Gasteiger charge is -2.29.